The smallest absolute Gasteiger partial charge is 0.335 e. The highest BCUT2D eigenvalue weighted by Gasteiger charge is 2.24. The first-order chi connectivity index (χ1) is 10.3. The Morgan fingerprint density at radius 2 is 2.00 bits per heavy atom. The summed E-state index contributed by atoms with van der Waals surface area (Å²) in [4.78, 5) is 30.6. The second-order valence-electron chi connectivity index (χ2n) is 4.44. The first-order valence-electron chi connectivity index (χ1n) is 6.23. The van der Waals surface area contributed by atoms with Crippen molar-refractivity contribution in [2.45, 2.75) is 13.0 Å². The van der Waals surface area contributed by atoms with Crippen molar-refractivity contribution in [1.29, 1.82) is 0 Å². The first kappa shape index (κ1) is 17.3. The average molecular weight is 309 g/mol. The molecule has 0 bridgehead atoms. The molecule has 8 nitrogen and oxygen atoms in total. The van der Waals surface area contributed by atoms with Crippen LogP contribution in [0.1, 0.15) is 17.3 Å². The van der Waals surface area contributed by atoms with E-state index in [1.807, 2.05) is 0 Å². The number of hydrogen-bond acceptors (Lipinski definition) is 6. The van der Waals surface area contributed by atoms with Gasteiger partial charge in [0.2, 0.25) is 0 Å². The number of esters is 1. The number of nitro groups is 1. The molecule has 118 valence electrons. The lowest BCUT2D eigenvalue weighted by Crippen LogP contribution is -2.09. The lowest BCUT2D eigenvalue weighted by molar-refractivity contribution is -0.384. The summed E-state index contributed by atoms with van der Waals surface area (Å²) >= 11 is 0. The summed E-state index contributed by atoms with van der Waals surface area (Å²) in [5.41, 5.74) is 0.362. The van der Waals surface area contributed by atoms with Crippen LogP contribution in [0, 0.1) is 10.1 Å². The Bertz CT molecular complexity index is 542. The predicted octanol–water partition coefficient (Wildman–Crippen LogP) is 1.80. The summed E-state index contributed by atoms with van der Waals surface area (Å²) in [5.74, 6) is -1.43. The van der Waals surface area contributed by atoms with Gasteiger partial charge in [-0.15, -0.1) is 0 Å². The Morgan fingerprint density at radius 3 is 2.36 bits per heavy atom. The van der Waals surface area contributed by atoms with Crippen LogP contribution >= 0.6 is 0 Å². The minimum absolute atomic E-state index is 0.0422. The topological polar surface area (TPSA) is 119 Å². The normalized spacial score (nSPS) is 15.0. The molecular weight excluding hydrogens is 294 g/mol. The third-order valence-corrected chi connectivity index (χ3v) is 2.48. The monoisotopic (exact) mass is 309 g/mol. The molecule has 8 heteroatoms. The fraction of sp³-hybridized carbons (Fsp3) is 0.286. The molecule has 1 aliphatic rings. The molecule has 22 heavy (non-hydrogen) atoms. The fourth-order valence-corrected chi connectivity index (χ4v) is 1.18. The van der Waals surface area contributed by atoms with Crippen molar-refractivity contribution in [2.75, 3.05) is 13.2 Å². The van der Waals surface area contributed by atoms with Gasteiger partial charge in [-0.25, -0.2) is 9.59 Å². The summed E-state index contributed by atoms with van der Waals surface area (Å²) in [6, 6.07) is 4.70. The van der Waals surface area contributed by atoms with Gasteiger partial charge in [-0.05, 0) is 19.1 Å². The molecule has 0 spiro atoms. The molecule has 0 radical (unpaired) electrons. The SMILES string of the molecule is C=C(C)C(=O)OCC1CO1.O=C(O)c1ccc([N+](=O)[O-])cc1. The Kier molecular flexibility index (Phi) is 6.21. The molecule has 1 atom stereocenters. The zero-order chi connectivity index (χ0) is 16.7. The van der Waals surface area contributed by atoms with E-state index in [4.69, 9.17) is 14.6 Å². The van der Waals surface area contributed by atoms with Gasteiger partial charge in [0.15, 0.2) is 0 Å². The number of ether oxygens (including phenoxy) is 2. The molecular formula is C14H15NO7. The third kappa shape index (κ3) is 6.14. The van der Waals surface area contributed by atoms with Gasteiger partial charge in [0.25, 0.3) is 5.69 Å². The number of hydrogen-bond donors (Lipinski definition) is 1. The van der Waals surface area contributed by atoms with Crippen LogP contribution in [0.2, 0.25) is 0 Å². The van der Waals surface area contributed by atoms with Gasteiger partial charge in [-0.3, -0.25) is 10.1 Å². The molecule has 0 amide bonds. The van der Waals surface area contributed by atoms with Crippen molar-refractivity contribution in [3.8, 4) is 0 Å². The van der Waals surface area contributed by atoms with E-state index in [1.54, 1.807) is 6.92 Å². The average Bonchev–Trinajstić information content (AvgIpc) is 3.29. The Hall–Kier alpha value is -2.74. The lowest BCUT2D eigenvalue weighted by atomic mass is 10.2. The van der Waals surface area contributed by atoms with Gasteiger partial charge < -0.3 is 14.6 Å². The van der Waals surface area contributed by atoms with Gasteiger partial charge in [0.1, 0.15) is 12.7 Å². The van der Waals surface area contributed by atoms with Gasteiger partial charge in [0.05, 0.1) is 17.1 Å². The van der Waals surface area contributed by atoms with Crippen LogP contribution < -0.4 is 0 Å². The number of carboxylic acid groups (broad SMARTS) is 1. The minimum Gasteiger partial charge on any atom is -0.478 e. The molecule has 0 aromatic heterocycles. The zero-order valence-electron chi connectivity index (χ0n) is 11.9. The standard InChI is InChI=1S/C7H5NO4.C7H10O3/c9-7(10)5-1-3-6(4-2-5)8(11)12;1-5(2)7(8)10-4-6-3-9-6/h1-4H,(H,9,10);6H,1,3-4H2,2H3. The van der Waals surface area contributed by atoms with Gasteiger partial charge in [0, 0.05) is 17.7 Å². The summed E-state index contributed by atoms with van der Waals surface area (Å²) in [6.45, 7) is 6.14. The predicted molar refractivity (Wildman–Crippen MR) is 75.6 cm³/mol. The van der Waals surface area contributed by atoms with Crippen LogP contribution in [0.5, 0.6) is 0 Å². The van der Waals surface area contributed by atoms with Crippen LogP contribution in [0.15, 0.2) is 36.4 Å². The highest BCUT2D eigenvalue weighted by Crippen LogP contribution is 2.11. The molecule has 1 aliphatic heterocycles. The van der Waals surface area contributed by atoms with Crippen molar-refractivity contribution in [3.63, 3.8) is 0 Å². The number of carbonyl (C=O) groups is 2. The maximum Gasteiger partial charge on any atom is 0.335 e. The largest absolute Gasteiger partial charge is 0.478 e. The van der Waals surface area contributed by atoms with Crippen LogP contribution in [0.25, 0.3) is 0 Å². The quantitative estimate of drug-likeness (QED) is 0.289. The summed E-state index contributed by atoms with van der Waals surface area (Å²) in [7, 11) is 0. The van der Waals surface area contributed by atoms with Crippen molar-refractivity contribution in [1.82, 2.24) is 0 Å². The van der Waals surface area contributed by atoms with Crippen molar-refractivity contribution in [2.24, 2.45) is 0 Å². The number of aromatic carboxylic acids is 1. The van der Waals surface area contributed by atoms with E-state index >= 15 is 0 Å². The molecule has 1 N–H and O–H groups in total. The second-order valence-corrected chi connectivity index (χ2v) is 4.44. The van der Waals surface area contributed by atoms with E-state index in [-0.39, 0.29) is 23.3 Å². The molecule has 0 saturated carbocycles. The number of carbonyl (C=O) groups excluding carboxylic acids is 1. The molecule has 2 rings (SSSR count). The van der Waals surface area contributed by atoms with Crippen molar-refractivity contribution in [3.05, 3.63) is 52.1 Å². The summed E-state index contributed by atoms with van der Waals surface area (Å²) in [6.07, 6.45) is 0.142. The zero-order valence-corrected chi connectivity index (χ0v) is 11.9. The van der Waals surface area contributed by atoms with Crippen molar-refractivity contribution >= 4 is 17.6 Å². The van der Waals surface area contributed by atoms with E-state index < -0.39 is 10.9 Å². The molecule has 1 aromatic carbocycles. The van der Waals surface area contributed by atoms with Crippen molar-refractivity contribution < 1.29 is 29.1 Å². The number of carboxylic acids is 1. The lowest BCUT2D eigenvalue weighted by Gasteiger charge is -1.99. The Labute approximate surface area is 126 Å². The highest BCUT2D eigenvalue weighted by molar-refractivity contribution is 5.87. The van der Waals surface area contributed by atoms with Crippen LogP contribution in [-0.2, 0) is 14.3 Å². The Morgan fingerprint density at radius 1 is 1.45 bits per heavy atom. The van der Waals surface area contributed by atoms with Gasteiger partial charge in [-0.1, -0.05) is 6.58 Å². The highest BCUT2D eigenvalue weighted by atomic mass is 16.6. The van der Waals surface area contributed by atoms with Crippen LogP contribution in [-0.4, -0.2) is 41.3 Å². The molecule has 0 aliphatic carbocycles. The van der Waals surface area contributed by atoms with E-state index in [1.165, 1.54) is 12.1 Å². The van der Waals surface area contributed by atoms with Gasteiger partial charge in [-0.2, -0.15) is 0 Å². The number of nitrogens with zero attached hydrogens (tertiary/aromatic N) is 1. The van der Waals surface area contributed by atoms with Gasteiger partial charge >= 0.3 is 11.9 Å². The number of nitro benzene ring substituents is 1. The van der Waals surface area contributed by atoms with E-state index in [2.05, 4.69) is 6.58 Å². The van der Waals surface area contributed by atoms with E-state index in [9.17, 15) is 19.7 Å². The summed E-state index contributed by atoms with van der Waals surface area (Å²) in [5, 5.41) is 18.6. The first-order valence-corrected chi connectivity index (χ1v) is 6.23. The molecule has 1 heterocycles. The fourth-order valence-electron chi connectivity index (χ4n) is 1.18. The second kappa shape index (κ2) is 7.89. The third-order valence-electron chi connectivity index (χ3n) is 2.48. The van der Waals surface area contributed by atoms with E-state index in [0.717, 1.165) is 12.1 Å². The molecule has 1 fully saturated rings. The minimum atomic E-state index is -1.09. The maximum absolute atomic E-state index is 10.7. The number of epoxide rings is 1. The molecule has 1 unspecified atom stereocenters. The number of rotatable bonds is 5. The number of benzene rings is 1. The van der Waals surface area contributed by atoms with E-state index in [0.29, 0.717) is 18.8 Å². The molecule has 1 aromatic rings. The molecule has 1 saturated heterocycles. The van der Waals surface area contributed by atoms with Crippen LogP contribution in [0.3, 0.4) is 0 Å². The Balaban J connectivity index is 0.000000224. The summed E-state index contributed by atoms with van der Waals surface area (Å²) < 4.78 is 9.60. The number of non-ortho nitro benzene ring substituents is 1. The maximum atomic E-state index is 10.7. The van der Waals surface area contributed by atoms with Crippen LogP contribution in [0.4, 0.5) is 5.69 Å².